The molecule has 1 aliphatic carbocycles. The molecule has 1 fully saturated rings. The fourth-order valence-electron chi connectivity index (χ4n) is 1.38. The number of esters is 1. The van der Waals surface area contributed by atoms with Crippen molar-refractivity contribution in [3.63, 3.8) is 0 Å². The van der Waals surface area contributed by atoms with Gasteiger partial charge >= 0.3 is 5.97 Å². The maximum Gasteiger partial charge on any atom is 0.325 e. The van der Waals surface area contributed by atoms with Crippen LogP contribution in [0.15, 0.2) is 0 Å². The number of rotatable bonds is 5. The molecular formula is C10H19ClN2O3. The van der Waals surface area contributed by atoms with Gasteiger partial charge < -0.3 is 15.4 Å². The van der Waals surface area contributed by atoms with Crippen molar-refractivity contribution in [3.8, 4) is 0 Å². The molecule has 1 saturated carbocycles. The molecular weight excluding hydrogens is 232 g/mol. The summed E-state index contributed by atoms with van der Waals surface area (Å²) in [5, 5.41) is 0. The monoisotopic (exact) mass is 250 g/mol. The van der Waals surface area contributed by atoms with Crippen LogP contribution in [0.25, 0.3) is 0 Å². The number of halogens is 1. The lowest BCUT2D eigenvalue weighted by atomic mass is 10.3. The molecule has 1 atom stereocenters. The maximum absolute atomic E-state index is 11.7. The van der Waals surface area contributed by atoms with E-state index in [4.69, 9.17) is 10.5 Å². The smallest absolute Gasteiger partial charge is 0.325 e. The van der Waals surface area contributed by atoms with Gasteiger partial charge in [-0.15, -0.1) is 12.4 Å². The van der Waals surface area contributed by atoms with Crippen molar-refractivity contribution in [2.45, 2.75) is 38.8 Å². The van der Waals surface area contributed by atoms with E-state index in [0.29, 0.717) is 6.61 Å². The number of hydrogen-bond acceptors (Lipinski definition) is 4. The Morgan fingerprint density at radius 2 is 2.06 bits per heavy atom. The minimum atomic E-state index is -0.556. The van der Waals surface area contributed by atoms with Gasteiger partial charge in [0.05, 0.1) is 12.6 Å². The summed E-state index contributed by atoms with van der Waals surface area (Å²) in [6.07, 6.45) is 1.91. The largest absolute Gasteiger partial charge is 0.465 e. The summed E-state index contributed by atoms with van der Waals surface area (Å²) < 4.78 is 4.81. The Balaban J connectivity index is 0.00000225. The number of nitrogens with zero attached hydrogens (tertiary/aromatic N) is 1. The summed E-state index contributed by atoms with van der Waals surface area (Å²) in [5.41, 5.74) is 5.51. The van der Waals surface area contributed by atoms with Crippen molar-refractivity contribution in [2.75, 3.05) is 13.2 Å². The number of carbonyl (C=O) groups is 2. The molecule has 0 aliphatic heterocycles. The van der Waals surface area contributed by atoms with Crippen LogP contribution in [0.5, 0.6) is 0 Å². The average Bonchev–Trinajstić information content (AvgIpc) is 2.96. The second kappa shape index (κ2) is 6.70. The Kier molecular flexibility index (Phi) is 6.36. The summed E-state index contributed by atoms with van der Waals surface area (Å²) in [5.74, 6) is -0.538. The molecule has 6 heteroatoms. The van der Waals surface area contributed by atoms with Gasteiger partial charge in [0.25, 0.3) is 0 Å². The van der Waals surface area contributed by atoms with E-state index in [2.05, 4.69) is 0 Å². The fraction of sp³-hybridized carbons (Fsp3) is 0.800. The molecule has 0 aromatic carbocycles. The fourth-order valence-corrected chi connectivity index (χ4v) is 1.38. The number of hydrogen-bond donors (Lipinski definition) is 1. The van der Waals surface area contributed by atoms with E-state index in [9.17, 15) is 9.59 Å². The molecule has 16 heavy (non-hydrogen) atoms. The van der Waals surface area contributed by atoms with E-state index in [1.54, 1.807) is 13.8 Å². The second-order valence-corrected chi connectivity index (χ2v) is 3.79. The van der Waals surface area contributed by atoms with Crippen LogP contribution in [-0.4, -0.2) is 42.0 Å². The Hall–Kier alpha value is -0.810. The molecule has 2 N–H and O–H groups in total. The zero-order chi connectivity index (χ0) is 11.4. The van der Waals surface area contributed by atoms with Gasteiger partial charge in [-0.05, 0) is 26.7 Å². The highest BCUT2D eigenvalue weighted by Crippen LogP contribution is 2.27. The number of amides is 1. The van der Waals surface area contributed by atoms with Crippen molar-refractivity contribution in [2.24, 2.45) is 5.73 Å². The zero-order valence-electron chi connectivity index (χ0n) is 9.64. The van der Waals surface area contributed by atoms with Crippen molar-refractivity contribution >= 4 is 24.3 Å². The van der Waals surface area contributed by atoms with E-state index < -0.39 is 6.04 Å². The molecule has 0 aromatic heterocycles. The minimum absolute atomic E-state index is 0. The molecule has 1 amide bonds. The predicted octanol–water partition coefficient (Wildman–Crippen LogP) is 0.309. The highest BCUT2D eigenvalue weighted by molar-refractivity contribution is 5.86. The summed E-state index contributed by atoms with van der Waals surface area (Å²) in [7, 11) is 0. The lowest BCUT2D eigenvalue weighted by Crippen LogP contribution is -2.46. The number of carbonyl (C=O) groups excluding carboxylic acids is 2. The predicted molar refractivity (Wildman–Crippen MR) is 62.3 cm³/mol. The summed E-state index contributed by atoms with van der Waals surface area (Å²) in [6, 6.07) is -0.368. The third-order valence-corrected chi connectivity index (χ3v) is 2.27. The van der Waals surface area contributed by atoms with E-state index in [1.807, 2.05) is 0 Å². The van der Waals surface area contributed by atoms with E-state index in [-0.39, 0.29) is 36.9 Å². The van der Waals surface area contributed by atoms with Gasteiger partial charge in [0.15, 0.2) is 0 Å². The molecule has 1 aliphatic rings. The third kappa shape index (κ3) is 4.37. The van der Waals surface area contributed by atoms with Gasteiger partial charge in [-0.3, -0.25) is 9.59 Å². The molecule has 1 rings (SSSR count). The second-order valence-electron chi connectivity index (χ2n) is 3.79. The van der Waals surface area contributed by atoms with Gasteiger partial charge in [-0.2, -0.15) is 0 Å². The van der Waals surface area contributed by atoms with Crippen LogP contribution in [0.1, 0.15) is 26.7 Å². The van der Waals surface area contributed by atoms with Crippen LogP contribution in [0, 0.1) is 0 Å². The van der Waals surface area contributed by atoms with Gasteiger partial charge in [0.2, 0.25) is 5.91 Å². The first-order chi connectivity index (χ1) is 7.06. The Morgan fingerprint density at radius 1 is 1.50 bits per heavy atom. The number of ether oxygens (including phenoxy) is 1. The van der Waals surface area contributed by atoms with Crippen molar-refractivity contribution in [1.29, 1.82) is 0 Å². The van der Waals surface area contributed by atoms with Crippen LogP contribution in [0.2, 0.25) is 0 Å². The zero-order valence-corrected chi connectivity index (χ0v) is 10.5. The summed E-state index contributed by atoms with van der Waals surface area (Å²) in [6.45, 7) is 3.73. The van der Waals surface area contributed by atoms with E-state index >= 15 is 0 Å². The Morgan fingerprint density at radius 3 is 2.44 bits per heavy atom. The van der Waals surface area contributed by atoms with Gasteiger partial charge in [-0.25, -0.2) is 0 Å². The van der Waals surface area contributed by atoms with E-state index in [1.165, 1.54) is 4.90 Å². The highest BCUT2D eigenvalue weighted by Gasteiger charge is 2.35. The Bertz CT molecular complexity index is 254. The molecule has 0 saturated heterocycles. The van der Waals surface area contributed by atoms with Crippen LogP contribution in [0.3, 0.4) is 0 Å². The maximum atomic E-state index is 11.7. The molecule has 0 bridgehead atoms. The molecule has 0 aromatic rings. The normalized spacial score (nSPS) is 15.9. The standard InChI is InChI=1S/C10H18N2O3.ClH/c1-3-15-9(13)6-12(8-4-5-8)10(14)7(2)11;/h7-8H,3-6,11H2,1-2H3;1H/t7-;/m1./s1. The SMILES string of the molecule is CCOC(=O)CN(C(=O)[C@@H](C)N)C1CC1.Cl. The topological polar surface area (TPSA) is 72.6 Å². The molecule has 0 heterocycles. The van der Waals surface area contributed by atoms with Gasteiger partial charge in [0, 0.05) is 6.04 Å². The van der Waals surface area contributed by atoms with Gasteiger partial charge in [-0.1, -0.05) is 0 Å². The third-order valence-electron chi connectivity index (χ3n) is 2.27. The minimum Gasteiger partial charge on any atom is -0.465 e. The average molecular weight is 251 g/mol. The first-order valence-corrected chi connectivity index (χ1v) is 5.28. The van der Waals surface area contributed by atoms with Crippen LogP contribution < -0.4 is 5.73 Å². The first-order valence-electron chi connectivity index (χ1n) is 5.28. The lowest BCUT2D eigenvalue weighted by molar-refractivity contribution is -0.149. The van der Waals surface area contributed by atoms with Crippen LogP contribution >= 0.6 is 12.4 Å². The van der Waals surface area contributed by atoms with Crippen molar-refractivity contribution < 1.29 is 14.3 Å². The van der Waals surface area contributed by atoms with Crippen LogP contribution in [-0.2, 0) is 14.3 Å². The van der Waals surface area contributed by atoms with Crippen molar-refractivity contribution in [3.05, 3.63) is 0 Å². The summed E-state index contributed by atoms with van der Waals surface area (Å²) >= 11 is 0. The first kappa shape index (κ1) is 15.2. The Labute approximate surface area is 102 Å². The quantitative estimate of drug-likeness (QED) is 0.713. The molecule has 5 nitrogen and oxygen atoms in total. The number of nitrogens with two attached hydrogens (primary N) is 1. The lowest BCUT2D eigenvalue weighted by Gasteiger charge is -2.22. The molecule has 0 radical (unpaired) electrons. The molecule has 0 unspecified atom stereocenters. The summed E-state index contributed by atoms with van der Waals surface area (Å²) in [4.78, 5) is 24.4. The molecule has 94 valence electrons. The van der Waals surface area contributed by atoms with Crippen molar-refractivity contribution in [1.82, 2.24) is 4.90 Å². The highest BCUT2D eigenvalue weighted by atomic mass is 35.5. The molecule has 0 spiro atoms. The van der Waals surface area contributed by atoms with Crippen LogP contribution in [0.4, 0.5) is 0 Å². The van der Waals surface area contributed by atoms with E-state index in [0.717, 1.165) is 12.8 Å². The van der Waals surface area contributed by atoms with Gasteiger partial charge in [0.1, 0.15) is 6.54 Å².